The second-order valence-corrected chi connectivity index (χ2v) is 5.45. The van der Waals surface area contributed by atoms with Crippen molar-refractivity contribution in [2.45, 2.75) is 25.6 Å². The molecule has 1 atom stereocenters. The standard InChI is InChI=1S/C16H23NO4/c18-10-15(19)14-6-8-17(9-7-14)16(20)12-21-11-13-4-2-1-3-5-13/h1-5,14-15,18-19H,6-12H2. The van der Waals surface area contributed by atoms with Gasteiger partial charge in [0.1, 0.15) is 6.61 Å². The van der Waals surface area contributed by atoms with Crippen LogP contribution in [0.15, 0.2) is 30.3 Å². The van der Waals surface area contributed by atoms with Gasteiger partial charge in [0.05, 0.1) is 19.3 Å². The van der Waals surface area contributed by atoms with E-state index in [4.69, 9.17) is 9.84 Å². The van der Waals surface area contributed by atoms with E-state index in [1.54, 1.807) is 4.90 Å². The molecule has 1 saturated heterocycles. The molecular weight excluding hydrogens is 270 g/mol. The van der Waals surface area contributed by atoms with E-state index in [0.717, 1.165) is 18.4 Å². The van der Waals surface area contributed by atoms with Crippen molar-refractivity contribution in [1.29, 1.82) is 0 Å². The summed E-state index contributed by atoms with van der Waals surface area (Å²) >= 11 is 0. The molecule has 0 bridgehead atoms. The van der Waals surface area contributed by atoms with Crippen molar-refractivity contribution in [1.82, 2.24) is 4.90 Å². The Labute approximate surface area is 125 Å². The fraction of sp³-hybridized carbons (Fsp3) is 0.562. The quantitative estimate of drug-likeness (QED) is 0.814. The highest BCUT2D eigenvalue weighted by atomic mass is 16.5. The van der Waals surface area contributed by atoms with Gasteiger partial charge in [0, 0.05) is 13.1 Å². The number of benzene rings is 1. The van der Waals surface area contributed by atoms with Gasteiger partial charge in [-0.25, -0.2) is 0 Å². The highest BCUT2D eigenvalue weighted by Crippen LogP contribution is 2.20. The molecule has 0 aliphatic carbocycles. The van der Waals surface area contributed by atoms with Crippen LogP contribution in [0, 0.1) is 5.92 Å². The number of carbonyl (C=O) groups is 1. The molecule has 0 aromatic heterocycles. The minimum Gasteiger partial charge on any atom is -0.394 e. The number of hydrogen-bond acceptors (Lipinski definition) is 4. The lowest BCUT2D eigenvalue weighted by molar-refractivity contribution is -0.138. The van der Waals surface area contributed by atoms with Crippen LogP contribution in [0.4, 0.5) is 0 Å². The number of likely N-dealkylation sites (tertiary alicyclic amines) is 1. The topological polar surface area (TPSA) is 70.0 Å². The highest BCUT2D eigenvalue weighted by Gasteiger charge is 2.26. The Balaban J connectivity index is 1.68. The minimum atomic E-state index is -0.670. The number of amides is 1. The first kappa shape index (κ1) is 15.9. The second kappa shape index (κ2) is 8.12. The summed E-state index contributed by atoms with van der Waals surface area (Å²) in [7, 11) is 0. The zero-order valence-electron chi connectivity index (χ0n) is 12.1. The summed E-state index contributed by atoms with van der Waals surface area (Å²) in [5.74, 6) is 0.0761. The van der Waals surface area contributed by atoms with Crippen molar-refractivity contribution in [2.75, 3.05) is 26.3 Å². The minimum absolute atomic E-state index is 0.0112. The van der Waals surface area contributed by atoms with Crippen molar-refractivity contribution < 1.29 is 19.7 Å². The maximum absolute atomic E-state index is 12.0. The van der Waals surface area contributed by atoms with Gasteiger partial charge in [-0.15, -0.1) is 0 Å². The molecule has 1 heterocycles. The maximum atomic E-state index is 12.0. The Morgan fingerprint density at radius 2 is 1.95 bits per heavy atom. The zero-order valence-corrected chi connectivity index (χ0v) is 12.1. The fourth-order valence-electron chi connectivity index (χ4n) is 2.60. The summed E-state index contributed by atoms with van der Waals surface area (Å²) < 4.78 is 5.45. The van der Waals surface area contributed by atoms with E-state index in [1.165, 1.54) is 0 Å². The van der Waals surface area contributed by atoms with Gasteiger partial charge in [-0.2, -0.15) is 0 Å². The first-order valence-corrected chi connectivity index (χ1v) is 7.39. The average molecular weight is 293 g/mol. The van der Waals surface area contributed by atoms with Crippen molar-refractivity contribution >= 4 is 5.91 Å². The highest BCUT2D eigenvalue weighted by molar-refractivity contribution is 5.77. The molecule has 5 nitrogen and oxygen atoms in total. The van der Waals surface area contributed by atoms with E-state index in [0.29, 0.717) is 19.7 Å². The average Bonchev–Trinajstić information content (AvgIpc) is 2.55. The molecule has 0 saturated carbocycles. The third kappa shape index (κ3) is 4.81. The normalized spacial score (nSPS) is 17.7. The lowest BCUT2D eigenvalue weighted by Gasteiger charge is -2.33. The maximum Gasteiger partial charge on any atom is 0.248 e. The van der Waals surface area contributed by atoms with E-state index in [2.05, 4.69) is 0 Å². The van der Waals surface area contributed by atoms with Crippen LogP contribution in [-0.2, 0) is 16.1 Å². The first-order valence-electron chi connectivity index (χ1n) is 7.39. The third-order valence-electron chi connectivity index (χ3n) is 3.96. The fourth-order valence-corrected chi connectivity index (χ4v) is 2.60. The number of piperidine rings is 1. The van der Waals surface area contributed by atoms with E-state index < -0.39 is 6.10 Å². The van der Waals surface area contributed by atoms with Gasteiger partial charge in [0.2, 0.25) is 5.91 Å². The van der Waals surface area contributed by atoms with E-state index in [9.17, 15) is 9.90 Å². The lowest BCUT2D eigenvalue weighted by atomic mass is 9.91. The molecule has 1 unspecified atom stereocenters. The van der Waals surface area contributed by atoms with Crippen LogP contribution < -0.4 is 0 Å². The Hall–Kier alpha value is -1.43. The number of rotatable bonds is 6. The second-order valence-electron chi connectivity index (χ2n) is 5.45. The molecule has 1 aromatic rings. The number of hydrogen-bond donors (Lipinski definition) is 2. The summed E-state index contributed by atoms with van der Waals surface area (Å²) in [6, 6.07) is 9.76. The van der Waals surface area contributed by atoms with Crippen LogP contribution >= 0.6 is 0 Å². The van der Waals surface area contributed by atoms with Crippen molar-refractivity contribution in [2.24, 2.45) is 5.92 Å². The van der Waals surface area contributed by atoms with Gasteiger partial charge in [-0.05, 0) is 24.3 Å². The zero-order chi connectivity index (χ0) is 15.1. The Morgan fingerprint density at radius 3 is 2.57 bits per heavy atom. The van der Waals surface area contributed by atoms with Gasteiger partial charge in [-0.1, -0.05) is 30.3 Å². The number of ether oxygens (including phenoxy) is 1. The van der Waals surface area contributed by atoms with Crippen LogP contribution in [0.3, 0.4) is 0 Å². The van der Waals surface area contributed by atoms with Crippen LogP contribution in [0.25, 0.3) is 0 Å². The summed E-state index contributed by atoms with van der Waals surface area (Å²) in [5, 5.41) is 18.5. The molecule has 2 N–H and O–H groups in total. The predicted octanol–water partition coefficient (Wildman–Crippen LogP) is 0.795. The number of nitrogens with zero attached hydrogens (tertiary/aromatic N) is 1. The van der Waals surface area contributed by atoms with E-state index in [1.807, 2.05) is 30.3 Å². The number of aliphatic hydroxyl groups excluding tert-OH is 2. The molecule has 1 fully saturated rings. The van der Waals surface area contributed by atoms with Gasteiger partial charge < -0.3 is 19.8 Å². The first-order chi connectivity index (χ1) is 10.2. The molecule has 1 aliphatic rings. The molecule has 1 aromatic carbocycles. The molecule has 0 spiro atoms. The van der Waals surface area contributed by atoms with Crippen LogP contribution in [0.5, 0.6) is 0 Å². The Kier molecular flexibility index (Phi) is 6.17. The van der Waals surface area contributed by atoms with Gasteiger partial charge in [0.15, 0.2) is 0 Å². The van der Waals surface area contributed by atoms with Crippen LogP contribution in [0.1, 0.15) is 18.4 Å². The molecule has 0 radical (unpaired) electrons. The number of carbonyl (C=O) groups excluding carboxylic acids is 1. The summed E-state index contributed by atoms with van der Waals surface area (Å²) in [6.07, 6.45) is 0.787. The van der Waals surface area contributed by atoms with Gasteiger partial charge in [-0.3, -0.25) is 4.79 Å². The third-order valence-corrected chi connectivity index (χ3v) is 3.96. The largest absolute Gasteiger partial charge is 0.394 e. The van der Waals surface area contributed by atoms with Gasteiger partial charge in [0.25, 0.3) is 0 Å². The van der Waals surface area contributed by atoms with Crippen LogP contribution in [0.2, 0.25) is 0 Å². The molecule has 1 aliphatic heterocycles. The van der Waals surface area contributed by atoms with Gasteiger partial charge >= 0.3 is 0 Å². The summed E-state index contributed by atoms with van der Waals surface area (Å²) in [4.78, 5) is 13.8. The van der Waals surface area contributed by atoms with Crippen molar-refractivity contribution in [3.8, 4) is 0 Å². The predicted molar refractivity (Wildman–Crippen MR) is 78.5 cm³/mol. The lowest BCUT2D eigenvalue weighted by Crippen LogP contribution is -2.43. The van der Waals surface area contributed by atoms with E-state index in [-0.39, 0.29) is 25.0 Å². The van der Waals surface area contributed by atoms with Crippen LogP contribution in [-0.4, -0.2) is 53.4 Å². The molecule has 116 valence electrons. The summed E-state index contributed by atoms with van der Waals surface area (Å²) in [5.41, 5.74) is 1.05. The Bertz CT molecular complexity index is 429. The smallest absolute Gasteiger partial charge is 0.248 e. The number of aliphatic hydroxyl groups is 2. The van der Waals surface area contributed by atoms with Crippen molar-refractivity contribution in [3.63, 3.8) is 0 Å². The SMILES string of the molecule is O=C(COCc1ccccc1)N1CCC(C(O)CO)CC1. The monoisotopic (exact) mass is 293 g/mol. The van der Waals surface area contributed by atoms with E-state index >= 15 is 0 Å². The molecule has 5 heteroatoms. The molecule has 1 amide bonds. The molecular formula is C16H23NO4. The Morgan fingerprint density at radius 1 is 1.29 bits per heavy atom. The summed E-state index contributed by atoms with van der Waals surface area (Å²) in [6.45, 7) is 1.55. The van der Waals surface area contributed by atoms with Crippen molar-refractivity contribution in [3.05, 3.63) is 35.9 Å². The molecule has 2 rings (SSSR count). The molecule has 21 heavy (non-hydrogen) atoms.